The van der Waals surface area contributed by atoms with Crippen LogP contribution in [0.2, 0.25) is 0 Å². The van der Waals surface area contributed by atoms with Crippen molar-refractivity contribution in [3.8, 4) is 0 Å². The molecule has 1 aromatic rings. The Kier molecular flexibility index (Phi) is 11.8. The summed E-state index contributed by atoms with van der Waals surface area (Å²) in [6, 6.07) is 7.38. The standard InChI is InChI=1S/C21H31N3O6S/c1-2-3-4-7-10-28-11-12-29-13-14-30-21(27)24-23-19(25)15-18-20(26)22-16-8-5-6-9-17(16)31-18/h5-6,8-9,18H,2-4,7,10-15H2,1H3,(H,22,26)(H,23,25)(H,24,27). The Labute approximate surface area is 186 Å². The molecule has 0 saturated heterocycles. The Morgan fingerprint density at radius 3 is 2.55 bits per heavy atom. The number of nitrogens with one attached hydrogen (secondary N) is 3. The maximum absolute atomic E-state index is 12.1. The molecule has 1 aliphatic heterocycles. The van der Waals surface area contributed by atoms with Crippen molar-refractivity contribution < 1.29 is 28.6 Å². The molecule has 0 radical (unpaired) electrons. The fourth-order valence-corrected chi connectivity index (χ4v) is 3.86. The normalized spacial score (nSPS) is 15.0. The molecule has 1 aliphatic rings. The summed E-state index contributed by atoms with van der Waals surface area (Å²) in [5.74, 6) is -0.736. The molecule has 0 aliphatic carbocycles. The van der Waals surface area contributed by atoms with Crippen LogP contribution in [0.4, 0.5) is 10.5 Å². The van der Waals surface area contributed by atoms with Gasteiger partial charge in [-0.05, 0) is 18.6 Å². The Bertz CT molecular complexity index is 718. The number of carbonyl (C=O) groups is 3. The summed E-state index contributed by atoms with van der Waals surface area (Å²) in [5, 5.41) is 2.20. The lowest BCUT2D eigenvalue weighted by Crippen LogP contribution is -2.44. The summed E-state index contributed by atoms with van der Waals surface area (Å²) in [4.78, 5) is 36.6. The van der Waals surface area contributed by atoms with Crippen molar-refractivity contribution in [1.82, 2.24) is 10.9 Å². The van der Waals surface area contributed by atoms with Gasteiger partial charge in [-0.15, -0.1) is 11.8 Å². The average molecular weight is 454 g/mol. The first kappa shape index (κ1) is 25.0. The highest BCUT2D eigenvalue weighted by Crippen LogP contribution is 2.36. The minimum absolute atomic E-state index is 0.0515. The van der Waals surface area contributed by atoms with Gasteiger partial charge >= 0.3 is 6.09 Å². The minimum atomic E-state index is -0.796. The van der Waals surface area contributed by atoms with E-state index in [1.165, 1.54) is 31.0 Å². The van der Waals surface area contributed by atoms with Crippen molar-refractivity contribution in [3.63, 3.8) is 0 Å². The molecule has 172 valence electrons. The molecule has 31 heavy (non-hydrogen) atoms. The van der Waals surface area contributed by atoms with Crippen molar-refractivity contribution in [2.45, 2.75) is 49.2 Å². The highest BCUT2D eigenvalue weighted by molar-refractivity contribution is 8.01. The molecule has 0 bridgehead atoms. The van der Waals surface area contributed by atoms with Crippen LogP contribution in [0.5, 0.6) is 0 Å². The van der Waals surface area contributed by atoms with E-state index in [1.54, 1.807) is 6.07 Å². The zero-order valence-corrected chi connectivity index (χ0v) is 18.6. The van der Waals surface area contributed by atoms with Gasteiger partial charge in [0.2, 0.25) is 11.8 Å². The lowest BCUT2D eigenvalue weighted by atomic mass is 10.2. The molecule has 3 N–H and O–H groups in total. The fourth-order valence-electron chi connectivity index (χ4n) is 2.75. The highest BCUT2D eigenvalue weighted by Gasteiger charge is 2.28. The zero-order valence-electron chi connectivity index (χ0n) is 17.8. The Hall–Kier alpha value is -2.30. The average Bonchev–Trinajstić information content (AvgIpc) is 2.76. The van der Waals surface area contributed by atoms with Crippen molar-refractivity contribution in [2.75, 3.05) is 38.4 Å². The molecule has 2 rings (SSSR count). The predicted octanol–water partition coefficient (Wildman–Crippen LogP) is 2.86. The lowest BCUT2D eigenvalue weighted by Gasteiger charge is -2.23. The monoisotopic (exact) mass is 453 g/mol. The third kappa shape index (κ3) is 10.0. The Balaban J connectivity index is 1.48. The summed E-state index contributed by atoms with van der Waals surface area (Å²) in [6.07, 6.45) is 3.79. The van der Waals surface area contributed by atoms with Crippen LogP contribution in [-0.2, 0) is 23.8 Å². The Morgan fingerprint density at radius 2 is 1.74 bits per heavy atom. The number of unbranched alkanes of at least 4 members (excludes halogenated alkanes) is 3. The van der Waals surface area contributed by atoms with Gasteiger partial charge in [-0.1, -0.05) is 38.3 Å². The number of carbonyl (C=O) groups excluding carboxylic acids is 3. The number of fused-ring (bicyclic) bond motifs is 1. The van der Waals surface area contributed by atoms with E-state index in [4.69, 9.17) is 14.2 Å². The van der Waals surface area contributed by atoms with Gasteiger partial charge < -0.3 is 19.5 Å². The number of hydrogen-bond donors (Lipinski definition) is 3. The molecule has 10 heteroatoms. The van der Waals surface area contributed by atoms with Gasteiger partial charge in [0.1, 0.15) is 6.61 Å². The number of para-hydroxylation sites is 1. The van der Waals surface area contributed by atoms with Gasteiger partial charge in [-0.25, -0.2) is 10.2 Å². The molecule has 1 aromatic carbocycles. The third-order valence-electron chi connectivity index (χ3n) is 4.36. The first-order valence-electron chi connectivity index (χ1n) is 10.5. The van der Waals surface area contributed by atoms with Crippen LogP contribution >= 0.6 is 11.8 Å². The quantitative estimate of drug-likeness (QED) is 0.311. The number of benzene rings is 1. The number of amides is 3. The number of rotatable bonds is 13. The lowest BCUT2D eigenvalue weighted by molar-refractivity contribution is -0.124. The number of anilines is 1. The maximum Gasteiger partial charge on any atom is 0.426 e. The second-order valence-corrected chi connectivity index (χ2v) is 8.14. The molecule has 0 saturated carbocycles. The summed E-state index contributed by atoms with van der Waals surface area (Å²) < 4.78 is 15.7. The van der Waals surface area contributed by atoms with Crippen LogP contribution in [0.15, 0.2) is 29.2 Å². The Morgan fingerprint density at radius 1 is 1.00 bits per heavy atom. The van der Waals surface area contributed by atoms with Crippen LogP contribution in [0, 0.1) is 0 Å². The molecule has 0 fully saturated rings. The number of ether oxygens (including phenoxy) is 3. The van der Waals surface area contributed by atoms with Gasteiger partial charge in [-0.3, -0.25) is 15.0 Å². The van der Waals surface area contributed by atoms with E-state index < -0.39 is 17.3 Å². The molecule has 0 aromatic heterocycles. The molecular formula is C21H31N3O6S. The van der Waals surface area contributed by atoms with Gasteiger partial charge in [0.15, 0.2) is 0 Å². The van der Waals surface area contributed by atoms with Crippen LogP contribution in [0.1, 0.15) is 39.0 Å². The van der Waals surface area contributed by atoms with Gasteiger partial charge in [-0.2, -0.15) is 0 Å². The SMILES string of the molecule is CCCCCCOCCOCCOC(=O)NNC(=O)CC1Sc2ccccc2NC1=O. The first-order chi connectivity index (χ1) is 15.1. The van der Waals surface area contributed by atoms with Crippen molar-refractivity contribution in [1.29, 1.82) is 0 Å². The molecule has 9 nitrogen and oxygen atoms in total. The molecule has 1 unspecified atom stereocenters. The highest BCUT2D eigenvalue weighted by atomic mass is 32.2. The number of thioether (sulfide) groups is 1. The van der Waals surface area contributed by atoms with E-state index in [0.717, 1.165) is 23.6 Å². The van der Waals surface area contributed by atoms with Crippen molar-refractivity contribution in [2.24, 2.45) is 0 Å². The second kappa shape index (κ2) is 14.7. The van der Waals surface area contributed by atoms with Crippen molar-refractivity contribution in [3.05, 3.63) is 24.3 Å². The summed E-state index contributed by atoms with van der Waals surface area (Å²) >= 11 is 1.31. The van der Waals surface area contributed by atoms with Crippen LogP contribution < -0.4 is 16.2 Å². The summed E-state index contributed by atoms with van der Waals surface area (Å²) in [7, 11) is 0. The molecule has 1 heterocycles. The molecule has 1 atom stereocenters. The van der Waals surface area contributed by atoms with E-state index in [2.05, 4.69) is 23.1 Å². The van der Waals surface area contributed by atoms with E-state index in [9.17, 15) is 14.4 Å². The third-order valence-corrected chi connectivity index (χ3v) is 5.63. The van der Waals surface area contributed by atoms with Gasteiger partial charge in [0, 0.05) is 17.9 Å². The number of hydrazine groups is 1. The smallest absolute Gasteiger partial charge is 0.426 e. The van der Waals surface area contributed by atoms with Crippen LogP contribution in [0.25, 0.3) is 0 Å². The zero-order chi connectivity index (χ0) is 22.3. The molecular weight excluding hydrogens is 422 g/mol. The van der Waals surface area contributed by atoms with E-state index in [-0.39, 0.29) is 25.5 Å². The van der Waals surface area contributed by atoms with Gasteiger partial charge in [0.05, 0.1) is 30.8 Å². The summed E-state index contributed by atoms with van der Waals surface area (Å²) in [5.41, 5.74) is 5.14. The largest absolute Gasteiger partial charge is 0.446 e. The first-order valence-corrected chi connectivity index (χ1v) is 11.4. The van der Waals surface area contributed by atoms with E-state index in [1.807, 2.05) is 18.2 Å². The van der Waals surface area contributed by atoms with E-state index in [0.29, 0.717) is 13.2 Å². The second-order valence-electron chi connectivity index (χ2n) is 6.89. The molecule has 0 spiro atoms. The fraction of sp³-hybridized carbons (Fsp3) is 0.571. The molecule has 3 amide bonds. The van der Waals surface area contributed by atoms with Gasteiger partial charge in [0.25, 0.3) is 0 Å². The van der Waals surface area contributed by atoms with Crippen LogP contribution in [0.3, 0.4) is 0 Å². The van der Waals surface area contributed by atoms with E-state index >= 15 is 0 Å². The predicted molar refractivity (Wildman–Crippen MR) is 118 cm³/mol. The summed E-state index contributed by atoms with van der Waals surface area (Å²) in [6.45, 7) is 4.12. The minimum Gasteiger partial charge on any atom is -0.446 e. The topological polar surface area (TPSA) is 115 Å². The number of hydrogen-bond acceptors (Lipinski definition) is 7. The van der Waals surface area contributed by atoms with Crippen LogP contribution in [-0.4, -0.2) is 56.2 Å². The maximum atomic E-state index is 12.1. The van der Waals surface area contributed by atoms with Crippen molar-refractivity contribution >= 4 is 35.4 Å².